The molecule has 0 radical (unpaired) electrons. The standard InChI is InChI=1S/C17H15FN2O6/c1-24-13-6-4-11(9-12(13)18)5-7-16(22)26-10-15(21)19-20-17(23)14-3-2-8-25-14/h2-9H,10H2,1H3,(H,19,21)(H,20,23)/b7-5+. The second-order valence-electron chi connectivity index (χ2n) is 4.81. The summed E-state index contributed by atoms with van der Waals surface area (Å²) in [6.45, 7) is -0.613. The molecule has 0 aliphatic rings. The van der Waals surface area contributed by atoms with E-state index in [9.17, 15) is 18.8 Å². The number of furan rings is 1. The average Bonchev–Trinajstić information content (AvgIpc) is 3.17. The third-order valence-electron chi connectivity index (χ3n) is 2.99. The quantitative estimate of drug-likeness (QED) is 0.458. The van der Waals surface area contributed by atoms with Gasteiger partial charge in [0, 0.05) is 6.08 Å². The van der Waals surface area contributed by atoms with Crippen LogP contribution >= 0.6 is 0 Å². The molecule has 0 aliphatic carbocycles. The van der Waals surface area contributed by atoms with E-state index in [1.165, 1.54) is 43.7 Å². The molecule has 2 aromatic rings. The first-order valence-electron chi connectivity index (χ1n) is 7.30. The van der Waals surface area contributed by atoms with Crippen LogP contribution in [0.25, 0.3) is 6.08 Å². The number of carbonyl (C=O) groups excluding carboxylic acids is 3. The van der Waals surface area contributed by atoms with Gasteiger partial charge in [-0.15, -0.1) is 0 Å². The summed E-state index contributed by atoms with van der Waals surface area (Å²) >= 11 is 0. The number of ether oxygens (including phenoxy) is 2. The van der Waals surface area contributed by atoms with E-state index in [1.807, 2.05) is 0 Å². The molecule has 1 aromatic carbocycles. The van der Waals surface area contributed by atoms with Crippen LogP contribution in [0.4, 0.5) is 4.39 Å². The van der Waals surface area contributed by atoms with Gasteiger partial charge < -0.3 is 13.9 Å². The Bertz CT molecular complexity index is 817. The molecule has 0 atom stereocenters. The third-order valence-corrected chi connectivity index (χ3v) is 2.99. The lowest BCUT2D eigenvalue weighted by Gasteiger charge is -2.06. The molecule has 9 heteroatoms. The van der Waals surface area contributed by atoms with Crippen molar-refractivity contribution in [3.63, 3.8) is 0 Å². The van der Waals surface area contributed by atoms with E-state index < -0.39 is 30.2 Å². The molecule has 2 amide bonds. The van der Waals surface area contributed by atoms with Gasteiger partial charge in [0.1, 0.15) is 0 Å². The number of rotatable bonds is 6. The van der Waals surface area contributed by atoms with Crippen molar-refractivity contribution >= 4 is 23.9 Å². The fourth-order valence-corrected chi connectivity index (χ4v) is 1.77. The first kappa shape index (κ1) is 18.7. The van der Waals surface area contributed by atoms with Gasteiger partial charge in [0.2, 0.25) is 0 Å². The van der Waals surface area contributed by atoms with Crippen molar-refractivity contribution in [3.05, 3.63) is 59.8 Å². The number of methoxy groups -OCH3 is 1. The molecule has 1 heterocycles. The van der Waals surface area contributed by atoms with Crippen LogP contribution in [0.1, 0.15) is 16.1 Å². The Morgan fingerprint density at radius 2 is 2.04 bits per heavy atom. The highest BCUT2D eigenvalue weighted by Gasteiger charge is 2.10. The fourth-order valence-electron chi connectivity index (χ4n) is 1.77. The summed E-state index contributed by atoms with van der Waals surface area (Å²) in [6, 6.07) is 7.06. The van der Waals surface area contributed by atoms with Gasteiger partial charge >= 0.3 is 11.9 Å². The summed E-state index contributed by atoms with van der Waals surface area (Å²) in [5.41, 5.74) is 4.56. The van der Waals surface area contributed by atoms with Crippen LogP contribution in [0.15, 0.2) is 47.1 Å². The van der Waals surface area contributed by atoms with Gasteiger partial charge in [0.05, 0.1) is 13.4 Å². The minimum absolute atomic E-state index is 0.0111. The predicted octanol–water partition coefficient (Wildman–Crippen LogP) is 1.44. The van der Waals surface area contributed by atoms with Crippen LogP contribution in [0.2, 0.25) is 0 Å². The van der Waals surface area contributed by atoms with Crippen molar-refractivity contribution in [1.82, 2.24) is 10.9 Å². The first-order chi connectivity index (χ1) is 12.5. The number of hydrogen-bond donors (Lipinski definition) is 2. The molecule has 0 saturated carbocycles. The molecule has 0 aliphatic heterocycles. The Morgan fingerprint density at radius 1 is 1.23 bits per heavy atom. The highest BCUT2D eigenvalue weighted by atomic mass is 19.1. The second-order valence-corrected chi connectivity index (χ2v) is 4.81. The van der Waals surface area contributed by atoms with Crippen LogP contribution < -0.4 is 15.6 Å². The monoisotopic (exact) mass is 362 g/mol. The number of halogens is 1. The molecular weight excluding hydrogens is 347 g/mol. The molecule has 26 heavy (non-hydrogen) atoms. The predicted molar refractivity (Wildman–Crippen MR) is 87.3 cm³/mol. The molecule has 0 fully saturated rings. The number of esters is 1. The van der Waals surface area contributed by atoms with Crippen LogP contribution in [0, 0.1) is 5.82 Å². The minimum atomic E-state index is -0.811. The number of carbonyl (C=O) groups is 3. The Balaban J connectivity index is 1.74. The highest BCUT2D eigenvalue weighted by Crippen LogP contribution is 2.18. The van der Waals surface area contributed by atoms with Gasteiger partial charge in [0.15, 0.2) is 23.9 Å². The summed E-state index contributed by atoms with van der Waals surface area (Å²) < 4.78 is 27.8. The number of nitrogens with one attached hydrogen (secondary N) is 2. The largest absolute Gasteiger partial charge is 0.494 e. The Morgan fingerprint density at radius 3 is 2.69 bits per heavy atom. The number of benzene rings is 1. The lowest BCUT2D eigenvalue weighted by atomic mass is 10.2. The first-order valence-corrected chi connectivity index (χ1v) is 7.30. The zero-order valence-corrected chi connectivity index (χ0v) is 13.7. The topological polar surface area (TPSA) is 107 Å². The molecule has 0 saturated heterocycles. The van der Waals surface area contributed by atoms with E-state index in [4.69, 9.17) is 13.9 Å². The van der Waals surface area contributed by atoms with Crippen molar-refractivity contribution < 1.29 is 32.7 Å². The molecular formula is C17H15FN2O6. The normalized spacial score (nSPS) is 10.4. The summed E-state index contributed by atoms with van der Waals surface area (Å²) in [6.07, 6.45) is 3.66. The van der Waals surface area contributed by atoms with Crippen LogP contribution in [-0.4, -0.2) is 31.5 Å². The maximum absolute atomic E-state index is 13.5. The molecule has 8 nitrogen and oxygen atoms in total. The number of hydrazine groups is 1. The van der Waals surface area contributed by atoms with E-state index in [-0.39, 0.29) is 11.5 Å². The minimum Gasteiger partial charge on any atom is -0.494 e. The van der Waals surface area contributed by atoms with Gasteiger partial charge in [0.25, 0.3) is 5.91 Å². The number of amides is 2. The highest BCUT2D eigenvalue weighted by molar-refractivity contribution is 5.93. The molecule has 0 unspecified atom stereocenters. The van der Waals surface area contributed by atoms with E-state index >= 15 is 0 Å². The zero-order chi connectivity index (χ0) is 18.9. The van der Waals surface area contributed by atoms with E-state index in [0.717, 1.165) is 6.08 Å². The fraction of sp³-hybridized carbons (Fsp3) is 0.118. The molecule has 0 spiro atoms. The van der Waals surface area contributed by atoms with E-state index in [1.54, 1.807) is 6.07 Å². The maximum Gasteiger partial charge on any atom is 0.331 e. The SMILES string of the molecule is COc1ccc(/C=C/C(=O)OCC(=O)NNC(=O)c2ccco2)cc1F. The average molecular weight is 362 g/mol. The van der Waals surface area contributed by atoms with E-state index in [0.29, 0.717) is 5.56 Å². The van der Waals surface area contributed by atoms with Crippen molar-refractivity contribution in [2.24, 2.45) is 0 Å². The second kappa shape index (κ2) is 9.02. The van der Waals surface area contributed by atoms with Crippen molar-refractivity contribution in [1.29, 1.82) is 0 Å². The van der Waals surface area contributed by atoms with Gasteiger partial charge in [-0.1, -0.05) is 6.07 Å². The summed E-state index contributed by atoms with van der Waals surface area (Å²) in [5, 5.41) is 0. The maximum atomic E-state index is 13.5. The molecule has 1 aromatic heterocycles. The van der Waals surface area contributed by atoms with Gasteiger partial charge in [-0.05, 0) is 35.9 Å². The third kappa shape index (κ3) is 5.48. The lowest BCUT2D eigenvalue weighted by Crippen LogP contribution is -2.43. The Hall–Kier alpha value is -3.62. The van der Waals surface area contributed by atoms with Crippen LogP contribution in [0.5, 0.6) is 5.75 Å². The lowest BCUT2D eigenvalue weighted by molar-refractivity contribution is -0.144. The molecule has 2 N–H and O–H groups in total. The summed E-state index contributed by atoms with van der Waals surface area (Å²) in [5.74, 6) is -2.70. The molecule has 136 valence electrons. The van der Waals surface area contributed by atoms with Gasteiger partial charge in [-0.25, -0.2) is 9.18 Å². The van der Waals surface area contributed by atoms with Crippen molar-refractivity contribution in [2.75, 3.05) is 13.7 Å². The van der Waals surface area contributed by atoms with Gasteiger partial charge in [-0.3, -0.25) is 20.4 Å². The van der Waals surface area contributed by atoms with Crippen molar-refractivity contribution in [2.45, 2.75) is 0 Å². The van der Waals surface area contributed by atoms with Crippen LogP contribution in [-0.2, 0) is 14.3 Å². The van der Waals surface area contributed by atoms with Crippen molar-refractivity contribution in [3.8, 4) is 5.75 Å². The van der Waals surface area contributed by atoms with E-state index in [2.05, 4.69) is 10.9 Å². The van der Waals surface area contributed by atoms with Crippen LogP contribution in [0.3, 0.4) is 0 Å². The summed E-state index contributed by atoms with van der Waals surface area (Å²) in [7, 11) is 1.34. The Labute approximate surface area is 147 Å². The molecule has 2 rings (SSSR count). The smallest absolute Gasteiger partial charge is 0.331 e. The molecule has 0 bridgehead atoms. The number of hydrogen-bond acceptors (Lipinski definition) is 6. The van der Waals surface area contributed by atoms with Gasteiger partial charge in [-0.2, -0.15) is 0 Å². The Kier molecular flexibility index (Phi) is 6.49. The zero-order valence-electron chi connectivity index (χ0n) is 13.7. The summed E-state index contributed by atoms with van der Waals surface area (Å²) in [4.78, 5) is 34.5.